The van der Waals surface area contributed by atoms with Gasteiger partial charge in [-0.25, -0.2) is 0 Å². The van der Waals surface area contributed by atoms with Crippen molar-refractivity contribution < 1.29 is 0 Å². The van der Waals surface area contributed by atoms with Crippen molar-refractivity contribution in [3.63, 3.8) is 0 Å². The molecule has 0 aliphatic heterocycles. The molecule has 0 heterocycles. The van der Waals surface area contributed by atoms with Crippen molar-refractivity contribution in [3.8, 4) is 111 Å². The van der Waals surface area contributed by atoms with E-state index >= 15 is 0 Å². The second-order valence-corrected chi connectivity index (χ2v) is 42.6. The highest BCUT2D eigenvalue weighted by molar-refractivity contribution is 6.59. The van der Waals surface area contributed by atoms with Gasteiger partial charge in [-0.15, -0.1) is 0 Å². The standard InChI is InChI=1S/C150H78/c1-11-35-81(36-12-1)113-131-91-59-31-55-79-56-32-60-92(111(79)91)132(131)114(82-37-13-2-14-38-82)136-96-64-68-100-125-99(67-63-95(123(96)125)135(113)136)139-117(85-43-19-5-20-44-85)143-103-71-75-107-129-108(76-72-104(127(103)129)144(143)118(140(100)139)86-45-21-6-22-46-86)148-122(90-53-29-10-30-54-90)150-110-78-74-106-128-105(73-77-109(130(110)128)149(150)121(147(107)148)89-51-27-9-28-52-89)145-119(87-47-23-7-24-48-87)141-101-69-65-97-124-98(66-70-102(126(101)124)142(141)120(146(106)145)88-49-25-8-26-50-88)138-116(84-41-17-4-18-42-84)134-94-62-34-58-80-57-33-61-93(112(80)94)133(134)115(137(97)138)83-39-15-3-16-40-83/h1-78H. The molecule has 0 aliphatic carbocycles. The fourth-order valence-electron chi connectivity index (χ4n) is 30.9. The number of rotatable bonds is 10. The second-order valence-electron chi connectivity index (χ2n) is 42.6. The molecule has 0 nitrogen and oxygen atoms in total. The average molecular weight is 1880 g/mol. The van der Waals surface area contributed by atoms with Crippen molar-refractivity contribution in [2.24, 2.45) is 0 Å². The van der Waals surface area contributed by atoms with Gasteiger partial charge in [-0.05, 0) is 391 Å². The summed E-state index contributed by atoms with van der Waals surface area (Å²) in [6.45, 7) is 0. The lowest BCUT2D eigenvalue weighted by Crippen LogP contribution is -1.88. The van der Waals surface area contributed by atoms with Crippen molar-refractivity contribution in [2.75, 3.05) is 0 Å². The maximum absolute atomic E-state index is 2.57. The van der Waals surface area contributed by atoms with Crippen LogP contribution in [0.3, 0.4) is 0 Å². The molecule has 0 spiro atoms. The minimum absolute atomic E-state index is 1.21. The molecule has 0 N–H and O–H groups in total. The van der Waals surface area contributed by atoms with Gasteiger partial charge in [0.25, 0.3) is 0 Å². The van der Waals surface area contributed by atoms with Gasteiger partial charge in [-0.3, -0.25) is 0 Å². The van der Waals surface area contributed by atoms with Crippen molar-refractivity contribution in [2.45, 2.75) is 0 Å². The molecule has 0 amide bonds. The summed E-state index contributed by atoms with van der Waals surface area (Å²) < 4.78 is 0. The third-order valence-electron chi connectivity index (χ3n) is 36.0. The Morgan fingerprint density at radius 2 is 0.153 bits per heavy atom. The van der Waals surface area contributed by atoms with Crippen LogP contribution in [0.2, 0.25) is 0 Å². The molecule has 0 saturated heterocycles. The largest absolute Gasteiger partial charge is 0.0622 e. The van der Waals surface area contributed by atoms with Gasteiger partial charge in [-0.2, -0.15) is 0 Å². The smallest absolute Gasteiger partial charge is 0.000717 e. The predicted octanol–water partition coefficient (Wildman–Crippen LogP) is 42.7. The van der Waals surface area contributed by atoms with Crippen LogP contribution in [0.5, 0.6) is 0 Å². The Hall–Kier alpha value is -19.5. The molecule has 0 aliphatic rings. The van der Waals surface area contributed by atoms with Crippen LogP contribution in [0.1, 0.15) is 0 Å². The molecular formula is C150H78. The van der Waals surface area contributed by atoms with Gasteiger partial charge in [0, 0.05) is 0 Å². The third-order valence-corrected chi connectivity index (χ3v) is 36.0. The lowest BCUT2D eigenvalue weighted by Gasteiger charge is -2.16. The predicted molar refractivity (Wildman–Crippen MR) is 648 cm³/mol. The van der Waals surface area contributed by atoms with Gasteiger partial charge < -0.3 is 0 Å². The summed E-state index contributed by atoms with van der Waals surface area (Å²) in [6.07, 6.45) is 0. The van der Waals surface area contributed by atoms with E-state index in [1.54, 1.807) is 0 Å². The molecule has 37 rings (SSSR count). The molecule has 150 heavy (non-hydrogen) atoms. The van der Waals surface area contributed by atoms with Gasteiger partial charge in [0.2, 0.25) is 0 Å². The summed E-state index contributed by atoms with van der Waals surface area (Å²) in [5.41, 5.74) is 25.1. The van der Waals surface area contributed by atoms with E-state index in [2.05, 4.69) is 473 Å². The van der Waals surface area contributed by atoms with Gasteiger partial charge in [0.15, 0.2) is 0 Å². The highest BCUT2D eigenvalue weighted by Gasteiger charge is 2.39. The second kappa shape index (κ2) is 28.4. The summed E-state index contributed by atoms with van der Waals surface area (Å²) in [4.78, 5) is 0. The molecule has 0 atom stereocenters. The van der Waals surface area contributed by atoms with E-state index in [0.29, 0.717) is 0 Å². The first kappa shape index (κ1) is 78.9. The Morgan fingerprint density at radius 3 is 0.253 bits per heavy atom. The topological polar surface area (TPSA) is 0 Å². The van der Waals surface area contributed by atoms with E-state index in [9.17, 15) is 0 Å². The number of hydrogen-bond donors (Lipinski definition) is 0. The molecule has 37 aromatic carbocycles. The first-order chi connectivity index (χ1) is 74.6. The Balaban J connectivity index is 0.645. The highest BCUT2D eigenvalue weighted by Crippen LogP contribution is 2.68. The van der Waals surface area contributed by atoms with Crippen molar-refractivity contribution in [1.29, 1.82) is 0 Å². The Kier molecular flexibility index (Phi) is 14.9. The minimum atomic E-state index is 1.21. The summed E-state index contributed by atoms with van der Waals surface area (Å²) >= 11 is 0. The molecule has 37 aromatic rings. The fraction of sp³-hybridized carbons (Fsp3) is 0. The zero-order valence-corrected chi connectivity index (χ0v) is 81.0. The molecule has 0 heteroatoms. The van der Waals surface area contributed by atoms with Crippen LogP contribution >= 0.6 is 0 Å². The molecule has 0 radical (unpaired) electrons. The summed E-state index contributed by atoms with van der Waals surface area (Å²) in [7, 11) is 0. The van der Waals surface area contributed by atoms with Crippen molar-refractivity contribution >= 4 is 280 Å². The molecular weight excluding hydrogens is 1800 g/mol. The van der Waals surface area contributed by atoms with Crippen molar-refractivity contribution in [1.82, 2.24) is 0 Å². The maximum atomic E-state index is 2.57. The van der Waals surface area contributed by atoms with E-state index in [1.807, 2.05) is 0 Å². The summed E-state index contributed by atoms with van der Waals surface area (Å²) in [5.74, 6) is 0. The molecule has 0 unspecified atom stereocenters. The lowest BCUT2D eigenvalue weighted by atomic mass is 9.86. The fourth-order valence-corrected chi connectivity index (χ4v) is 30.9. The van der Waals surface area contributed by atoms with Crippen LogP contribution in [0.15, 0.2) is 473 Å². The van der Waals surface area contributed by atoms with E-state index in [-0.39, 0.29) is 0 Å². The third kappa shape index (κ3) is 9.52. The minimum Gasteiger partial charge on any atom is -0.0622 e. The van der Waals surface area contributed by atoms with E-state index in [0.717, 1.165) is 0 Å². The monoisotopic (exact) mass is 1880 g/mol. The van der Waals surface area contributed by atoms with Crippen LogP contribution < -0.4 is 0 Å². The van der Waals surface area contributed by atoms with Gasteiger partial charge in [0.1, 0.15) is 0 Å². The molecule has 0 saturated carbocycles. The zero-order chi connectivity index (χ0) is 96.7. The zero-order valence-electron chi connectivity index (χ0n) is 81.0. The molecule has 0 bridgehead atoms. The Morgan fingerprint density at radius 1 is 0.0600 bits per heavy atom. The van der Waals surface area contributed by atoms with Crippen molar-refractivity contribution in [3.05, 3.63) is 473 Å². The molecule has 0 aromatic heterocycles. The summed E-state index contributed by atoms with van der Waals surface area (Å²) in [5, 5.41) is 67.6. The van der Waals surface area contributed by atoms with E-state index < -0.39 is 0 Å². The van der Waals surface area contributed by atoms with E-state index in [1.165, 1.54) is 391 Å². The lowest BCUT2D eigenvalue weighted by molar-refractivity contribution is 1.68. The van der Waals surface area contributed by atoms with Gasteiger partial charge in [0.05, 0.1) is 0 Å². The average Bonchev–Trinajstić information content (AvgIpc) is 1.49. The van der Waals surface area contributed by atoms with Crippen LogP contribution in [-0.2, 0) is 0 Å². The van der Waals surface area contributed by atoms with Crippen LogP contribution in [0.4, 0.5) is 0 Å². The number of benzene rings is 27. The summed E-state index contributed by atoms with van der Waals surface area (Å²) in [6, 6.07) is 183. The van der Waals surface area contributed by atoms with E-state index in [4.69, 9.17) is 0 Å². The molecule has 0 fully saturated rings. The SMILES string of the molecule is c1ccc(-c2c3c4cccc5cccc(c3c(-c3ccccc3)c3c6ccc7c8c(-c9ccccc9)c9c%10ccc%11c%12c(-c%13ccccc%13)c%13c%14ccc%15c%16c(-c%17ccccc%17)c%17c%18ccc%19c%20c(-c%21ccccc%21)c%21c%22cccc%23cccc(c%21c(-c%21ccccc%21)c%20c%20ccc(c%17c(-c%17ccccc%17)c%16c%16ccc(c%13c(-c%13ccccc%13)c%12c%12ccc(c9c(-c9ccccc9)c8c8ccc(c23)c6c87)c%10c%12%11)c%14c%16%15)c%18c%20%19)c%23%22)c54)cc1. The first-order valence-electron chi connectivity index (χ1n) is 52.9. The maximum Gasteiger partial charge on any atom is -0.000717 e. The normalized spacial score (nSPS) is 12.8. The highest BCUT2D eigenvalue weighted by atomic mass is 14.4. The first-order valence-corrected chi connectivity index (χ1v) is 52.9. The van der Waals surface area contributed by atoms with Crippen LogP contribution in [0, 0.1) is 0 Å². The Bertz CT molecular complexity index is 11000. The van der Waals surface area contributed by atoms with Gasteiger partial charge in [-0.1, -0.05) is 473 Å². The van der Waals surface area contributed by atoms with Crippen LogP contribution in [-0.4, -0.2) is 0 Å². The quantitative estimate of drug-likeness (QED) is 0.128. The van der Waals surface area contributed by atoms with Crippen LogP contribution in [0.25, 0.3) is 391 Å². The number of fused-ring (bicyclic) bond motifs is 30. The molecule has 678 valence electrons. The number of hydrogen-bond acceptors (Lipinski definition) is 0. The Labute approximate surface area is 858 Å². The van der Waals surface area contributed by atoms with Gasteiger partial charge >= 0.3 is 0 Å².